The van der Waals surface area contributed by atoms with Crippen molar-refractivity contribution in [3.63, 3.8) is 0 Å². The van der Waals surface area contributed by atoms with Crippen LogP contribution in [-0.2, 0) is 14.3 Å². The Bertz CT molecular complexity index is 501. The van der Waals surface area contributed by atoms with E-state index < -0.39 is 6.04 Å². The molecule has 1 atom stereocenters. The van der Waals surface area contributed by atoms with E-state index in [-0.39, 0.29) is 18.2 Å². The van der Waals surface area contributed by atoms with Gasteiger partial charge in [-0.3, -0.25) is 14.5 Å². The summed E-state index contributed by atoms with van der Waals surface area (Å²) in [5, 5.41) is 3.09. The van der Waals surface area contributed by atoms with Gasteiger partial charge in [-0.2, -0.15) is 0 Å². The molecule has 0 radical (unpaired) electrons. The van der Waals surface area contributed by atoms with Gasteiger partial charge in [0.15, 0.2) is 0 Å². The van der Waals surface area contributed by atoms with Gasteiger partial charge in [0.05, 0.1) is 13.0 Å². The van der Waals surface area contributed by atoms with Crippen LogP contribution in [0.15, 0.2) is 24.3 Å². The highest BCUT2D eigenvalue weighted by molar-refractivity contribution is 6.06. The lowest BCUT2D eigenvalue weighted by Gasteiger charge is -2.14. The van der Waals surface area contributed by atoms with Crippen LogP contribution in [0.5, 0.6) is 5.75 Å². The predicted molar refractivity (Wildman–Crippen MR) is 78.2 cm³/mol. The zero-order valence-electron chi connectivity index (χ0n) is 12.3. The van der Waals surface area contributed by atoms with Gasteiger partial charge in [0.1, 0.15) is 18.4 Å². The van der Waals surface area contributed by atoms with Crippen molar-refractivity contribution >= 4 is 17.5 Å². The van der Waals surface area contributed by atoms with Crippen LogP contribution in [0.2, 0.25) is 0 Å². The number of hydrogen-bond acceptors (Lipinski definition) is 5. The number of imide groups is 1. The van der Waals surface area contributed by atoms with Gasteiger partial charge in [-0.15, -0.1) is 0 Å². The van der Waals surface area contributed by atoms with Gasteiger partial charge in [0.25, 0.3) is 5.91 Å². The molecule has 114 valence electrons. The van der Waals surface area contributed by atoms with Gasteiger partial charge in [-0.25, -0.2) is 0 Å². The maximum atomic E-state index is 12.0. The standard InChI is InChI=1S/C15H20N2O4/c1-3-17-14(18)10-13(15(17)19)16-11-4-6-12(7-5-11)21-9-8-20-2/h4-7,13,16H,3,8-10H2,1-2H3. The molecule has 0 aromatic heterocycles. The van der Waals surface area contributed by atoms with Gasteiger partial charge in [0.2, 0.25) is 5.91 Å². The fourth-order valence-electron chi connectivity index (χ4n) is 2.22. The van der Waals surface area contributed by atoms with Crippen molar-refractivity contribution in [3.05, 3.63) is 24.3 Å². The molecule has 2 amide bonds. The number of carbonyl (C=O) groups excluding carboxylic acids is 2. The van der Waals surface area contributed by atoms with Gasteiger partial charge in [0, 0.05) is 19.3 Å². The average molecular weight is 292 g/mol. The van der Waals surface area contributed by atoms with Crippen molar-refractivity contribution in [2.24, 2.45) is 0 Å². The third kappa shape index (κ3) is 3.72. The van der Waals surface area contributed by atoms with Crippen LogP contribution in [0.1, 0.15) is 13.3 Å². The molecule has 2 rings (SSSR count). The molecule has 0 aliphatic carbocycles. The minimum atomic E-state index is -0.474. The lowest BCUT2D eigenvalue weighted by atomic mass is 10.2. The molecule has 1 unspecified atom stereocenters. The quantitative estimate of drug-likeness (QED) is 0.605. The van der Waals surface area contributed by atoms with Crippen molar-refractivity contribution in [3.8, 4) is 5.75 Å². The molecule has 6 nitrogen and oxygen atoms in total. The third-order valence-electron chi connectivity index (χ3n) is 3.31. The van der Waals surface area contributed by atoms with Gasteiger partial charge < -0.3 is 14.8 Å². The van der Waals surface area contributed by atoms with E-state index in [1.165, 1.54) is 4.90 Å². The SMILES string of the molecule is CCN1C(=O)CC(Nc2ccc(OCCOC)cc2)C1=O. The van der Waals surface area contributed by atoms with E-state index in [4.69, 9.17) is 9.47 Å². The normalized spacial score (nSPS) is 18.2. The topological polar surface area (TPSA) is 67.9 Å². The molecule has 1 aliphatic heterocycles. The van der Waals surface area contributed by atoms with Crippen molar-refractivity contribution in [2.75, 3.05) is 32.2 Å². The Kier molecular flexibility index (Phi) is 5.16. The Morgan fingerprint density at radius 3 is 2.52 bits per heavy atom. The summed E-state index contributed by atoms with van der Waals surface area (Å²) in [6.45, 7) is 3.24. The van der Waals surface area contributed by atoms with Crippen molar-refractivity contribution in [1.29, 1.82) is 0 Å². The van der Waals surface area contributed by atoms with E-state index >= 15 is 0 Å². The Morgan fingerprint density at radius 2 is 1.95 bits per heavy atom. The first kappa shape index (κ1) is 15.3. The number of benzene rings is 1. The molecule has 1 N–H and O–H groups in total. The van der Waals surface area contributed by atoms with Gasteiger partial charge in [-0.1, -0.05) is 0 Å². The number of ether oxygens (including phenoxy) is 2. The Hall–Kier alpha value is -2.08. The van der Waals surface area contributed by atoms with E-state index in [9.17, 15) is 9.59 Å². The first-order valence-electron chi connectivity index (χ1n) is 6.98. The monoisotopic (exact) mass is 292 g/mol. The molecule has 6 heteroatoms. The number of carbonyl (C=O) groups is 2. The minimum Gasteiger partial charge on any atom is -0.491 e. The predicted octanol–water partition coefficient (Wildman–Crippen LogP) is 1.27. The molecule has 1 fully saturated rings. The number of rotatable bonds is 7. The average Bonchev–Trinajstić information content (AvgIpc) is 2.75. The number of nitrogens with zero attached hydrogens (tertiary/aromatic N) is 1. The lowest BCUT2D eigenvalue weighted by Crippen LogP contribution is -2.34. The summed E-state index contributed by atoms with van der Waals surface area (Å²) in [7, 11) is 1.62. The molecule has 0 spiro atoms. The van der Waals surface area contributed by atoms with Crippen LogP contribution in [0.3, 0.4) is 0 Å². The minimum absolute atomic E-state index is 0.125. The van der Waals surface area contributed by atoms with Crippen LogP contribution in [0, 0.1) is 0 Å². The highest BCUT2D eigenvalue weighted by Gasteiger charge is 2.37. The molecule has 1 aromatic rings. The Labute approximate surface area is 124 Å². The summed E-state index contributed by atoms with van der Waals surface area (Å²) in [6, 6.07) is 6.81. The zero-order valence-corrected chi connectivity index (χ0v) is 12.3. The van der Waals surface area contributed by atoms with E-state index in [0.717, 1.165) is 11.4 Å². The van der Waals surface area contributed by atoms with Gasteiger partial charge >= 0.3 is 0 Å². The Balaban J connectivity index is 1.92. The fraction of sp³-hybridized carbons (Fsp3) is 0.467. The van der Waals surface area contributed by atoms with Crippen LogP contribution < -0.4 is 10.1 Å². The highest BCUT2D eigenvalue weighted by atomic mass is 16.5. The molecule has 1 aliphatic rings. The number of likely N-dealkylation sites (N-methyl/N-ethyl adjacent to an activating group) is 1. The third-order valence-corrected chi connectivity index (χ3v) is 3.31. The molecule has 1 heterocycles. The first-order chi connectivity index (χ1) is 10.2. The summed E-state index contributed by atoms with van der Waals surface area (Å²) in [4.78, 5) is 24.9. The van der Waals surface area contributed by atoms with Crippen LogP contribution in [0.4, 0.5) is 5.69 Å². The van der Waals surface area contributed by atoms with E-state index in [1.807, 2.05) is 24.3 Å². The number of anilines is 1. The summed E-state index contributed by atoms with van der Waals surface area (Å²) >= 11 is 0. The van der Waals surface area contributed by atoms with E-state index in [0.29, 0.717) is 19.8 Å². The van der Waals surface area contributed by atoms with Crippen molar-refractivity contribution in [1.82, 2.24) is 4.90 Å². The number of methoxy groups -OCH3 is 1. The summed E-state index contributed by atoms with van der Waals surface area (Å²) in [5.74, 6) is 0.448. The molecular weight excluding hydrogens is 272 g/mol. The summed E-state index contributed by atoms with van der Waals surface area (Å²) in [5.41, 5.74) is 0.790. The number of amides is 2. The largest absolute Gasteiger partial charge is 0.491 e. The van der Waals surface area contributed by atoms with Crippen LogP contribution >= 0.6 is 0 Å². The first-order valence-corrected chi connectivity index (χ1v) is 6.98. The molecule has 0 saturated carbocycles. The zero-order chi connectivity index (χ0) is 15.2. The molecule has 1 saturated heterocycles. The second-order valence-corrected chi connectivity index (χ2v) is 4.74. The summed E-state index contributed by atoms with van der Waals surface area (Å²) < 4.78 is 10.4. The fourth-order valence-corrected chi connectivity index (χ4v) is 2.22. The Morgan fingerprint density at radius 1 is 1.24 bits per heavy atom. The molecular formula is C15H20N2O4. The smallest absolute Gasteiger partial charge is 0.252 e. The number of nitrogens with one attached hydrogen (secondary N) is 1. The summed E-state index contributed by atoms with van der Waals surface area (Å²) in [6.07, 6.45) is 0.207. The maximum absolute atomic E-state index is 12.0. The number of likely N-dealkylation sites (tertiary alicyclic amines) is 1. The molecule has 0 bridgehead atoms. The van der Waals surface area contributed by atoms with Crippen LogP contribution in [-0.4, -0.2) is 49.6 Å². The highest BCUT2D eigenvalue weighted by Crippen LogP contribution is 2.20. The molecule has 1 aromatic carbocycles. The second kappa shape index (κ2) is 7.08. The van der Waals surface area contributed by atoms with Gasteiger partial charge in [-0.05, 0) is 31.2 Å². The van der Waals surface area contributed by atoms with Crippen LogP contribution in [0.25, 0.3) is 0 Å². The van der Waals surface area contributed by atoms with E-state index in [1.54, 1.807) is 14.0 Å². The maximum Gasteiger partial charge on any atom is 0.252 e. The lowest BCUT2D eigenvalue weighted by molar-refractivity contribution is -0.138. The van der Waals surface area contributed by atoms with E-state index in [2.05, 4.69) is 5.32 Å². The number of hydrogen-bond donors (Lipinski definition) is 1. The van der Waals surface area contributed by atoms with Crippen molar-refractivity contribution < 1.29 is 19.1 Å². The second-order valence-electron chi connectivity index (χ2n) is 4.74. The van der Waals surface area contributed by atoms with Crippen molar-refractivity contribution in [2.45, 2.75) is 19.4 Å². The molecule has 21 heavy (non-hydrogen) atoms.